The Morgan fingerprint density at radius 3 is 2.59 bits per heavy atom. The first-order valence-corrected chi connectivity index (χ1v) is 7.94. The molecule has 0 radical (unpaired) electrons. The van der Waals surface area contributed by atoms with E-state index in [1.807, 2.05) is 6.07 Å². The summed E-state index contributed by atoms with van der Waals surface area (Å²) < 4.78 is 1.80. The van der Waals surface area contributed by atoms with Crippen molar-refractivity contribution < 1.29 is 4.79 Å². The van der Waals surface area contributed by atoms with E-state index in [2.05, 4.69) is 37.2 Å². The lowest BCUT2D eigenvalue weighted by Crippen LogP contribution is -2.51. The van der Waals surface area contributed by atoms with Crippen LogP contribution in [0.4, 0.5) is 0 Å². The van der Waals surface area contributed by atoms with Gasteiger partial charge in [-0.15, -0.1) is 11.3 Å². The molecule has 0 aliphatic heterocycles. The van der Waals surface area contributed by atoms with Crippen molar-refractivity contribution >= 4 is 49.1 Å². The highest BCUT2D eigenvalue weighted by Gasteiger charge is 2.34. The summed E-state index contributed by atoms with van der Waals surface area (Å²) in [5.74, 6) is -0.0359. The molecule has 17 heavy (non-hydrogen) atoms. The molecule has 3 N–H and O–H groups in total. The van der Waals surface area contributed by atoms with Gasteiger partial charge in [0.15, 0.2) is 0 Å². The second-order valence-corrected chi connectivity index (χ2v) is 8.13. The summed E-state index contributed by atoms with van der Waals surface area (Å²) in [6.07, 6.45) is 4.26. The van der Waals surface area contributed by atoms with E-state index >= 15 is 0 Å². The van der Waals surface area contributed by atoms with Crippen LogP contribution < -0.4 is 11.1 Å². The number of carbonyl (C=O) groups is 1. The van der Waals surface area contributed by atoms with Crippen LogP contribution in [0.2, 0.25) is 0 Å². The monoisotopic (exact) mass is 380 g/mol. The summed E-state index contributed by atoms with van der Waals surface area (Å²) >= 11 is 8.28. The highest BCUT2D eigenvalue weighted by atomic mass is 79.9. The van der Waals surface area contributed by atoms with Gasteiger partial charge in [-0.05, 0) is 50.8 Å². The van der Waals surface area contributed by atoms with Gasteiger partial charge < -0.3 is 11.1 Å². The molecule has 94 valence electrons. The number of hydrogen-bond acceptors (Lipinski definition) is 3. The van der Waals surface area contributed by atoms with Crippen molar-refractivity contribution in [2.75, 3.05) is 6.54 Å². The normalized spacial score (nSPS) is 18.3. The Bertz CT molecular complexity index is 427. The largest absolute Gasteiger partial charge is 0.345 e. The molecule has 1 fully saturated rings. The van der Waals surface area contributed by atoms with Gasteiger partial charge in [-0.2, -0.15) is 0 Å². The van der Waals surface area contributed by atoms with Crippen LogP contribution in [0.3, 0.4) is 0 Å². The zero-order chi connectivity index (χ0) is 12.5. The molecule has 6 heteroatoms. The van der Waals surface area contributed by atoms with E-state index in [0.717, 1.165) is 33.3 Å². The third-order valence-electron chi connectivity index (χ3n) is 3.23. The van der Waals surface area contributed by atoms with E-state index in [-0.39, 0.29) is 11.4 Å². The second kappa shape index (κ2) is 5.38. The summed E-state index contributed by atoms with van der Waals surface area (Å²) in [7, 11) is 0. The maximum absolute atomic E-state index is 12.2. The molecule has 1 saturated carbocycles. The number of nitrogens with two attached hydrogens (primary N) is 1. The smallest absolute Gasteiger partial charge is 0.253 e. The molecule has 0 aromatic carbocycles. The highest BCUT2D eigenvalue weighted by molar-refractivity contribution is 9.12. The lowest BCUT2D eigenvalue weighted by Gasteiger charge is -2.28. The van der Waals surface area contributed by atoms with Gasteiger partial charge in [0.2, 0.25) is 0 Å². The van der Waals surface area contributed by atoms with Crippen LogP contribution >= 0.6 is 43.2 Å². The molecular formula is C11H14Br2N2OS. The van der Waals surface area contributed by atoms with Gasteiger partial charge in [0.25, 0.3) is 5.91 Å². The Hall–Kier alpha value is 0.0900. The molecule has 1 heterocycles. The predicted molar refractivity (Wildman–Crippen MR) is 77.4 cm³/mol. The van der Waals surface area contributed by atoms with Crippen molar-refractivity contribution in [3.63, 3.8) is 0 Å². The van der Waals surface area contributed by atoms with E-state index in [4.69, 9.17) is 5.73 Å². The van der Waals surface area contributed by atoms with E-state index < -0.39 is 0 Å². The Kier molecular flexibility index (Phi) is 4.28. The van der Waals surface area contributed by atoms with E-state index in [9.17, 15) is 4.79 Å². The van der Waals surface area contributed by atoms with E-state index in [0.29, 0.717) is 12.1 Å². The number of hydrogen-bond donors (Lipinski definition) is 2. The highest BCUT2D eigenvalue weighted by Crippen LogP contribution is 2.33. The fraction of sp³-hybridized carbons (Fsp3) is 0.545. The average Bonchev–Trinajstić information content (AvgIpc) is 2.86. The summed E-state index contributed by atoms with van der Waals surface area (Å²) in [5, 5.41) is 3.10. The fourth-order valence-electron chi connectivity index (χ4n) is 2.24. The first kappa shape index (κ1) is 13.5. The lowest BCUT2D eigenvalue weighted by atomic mass is 9.97. The molecule has 3 nitrogen and oxygen atoms in total. The molecule has 2 rings (SSSR count). The van der Waals surface area contributed by atoms with Crippen molar-refractivity contribution in [3.05, 3.63) is 19.2 Å². The van der Waals surface area contributed by atoms with Gasteiger partial charge in [0.1, 0.15) is 0 Å². The topological polar surface area (TPSA) is 55.1 Å². The maximum atomic E-state index is 12.2. The third kappa shape index (κ3) is 2.92. The molecule has 1 amide bonds. The van der Waals surface area contributed by atoms with Crippen LogP contribution in [0.5, 0.6) is 0 Å². The summed E-state index contributed by atoms with van der Waals surface area (Å²) in [4.78, 5) is 12.2. The van der Waals surface area contributed by atoms with Crippen molar-refractivity contribution in [1.82, 2.24) is 5.32 Å². The van der Waals surface area contributed by atoms with Gasteiger partial charge >= 0.3 is 0 Å². The zero-order valence-corrected chi connectivity index (χ0v) is 13.3. The molecule has 0 unspecified atom stereocenters. The number of rotatable bonds is 3. The second-order valence-electron chi connectivity index (χ2n) is 4.38. The Labute approximate surface area is 121 Å². The van der Waals surface area contributed by atoms with Gasteiger partial charge in [0, 0.05) is 6.54 Å². The number of thiophene rings is 1. The minimum atomic E-state index is -0.190. The number of nitrogens with one attached hydrogen (secondary N) is 1. The van der Waals surface area contributed by atoms with Crippen molar-refractivity contribution in [2.24, 2.45) is 5.73 Å². The maximum Gasteiger partial charge on any atom is 0.253 e. The summed E-state index contributed by atoms with van der Waals surface area (Å²) in [6, 6.07) is 1.84. The first-order chi connectivity index (χ1) is 8.06. The standard InChI is InChI=1S/C11H14Br2N2OS/c12-8-5-7(9(13)17-8)10(16)15-11(6-14)3-1-2-4-11/h5H,1-4,6,14H2,(H,15,16). The summed E-state index contributed by atoms with van der Waals surface area (Å²) in [5.41, 5.74) is 6.30. The van der Waals surface area contributed by atoms with Crippen molar-refractivity contribution in [2.45, 2.75) is 31.2 Å². The molecule has 1 aromatic rings. The van der Waals surface area contributed by atoms with Crippen LogP contribution in [0, 0.1) is 0 Å². The Morgan fingerprint density at radius 2 is 2.12 bits per heavy atom. The van der Waals surface area contributed by atoms with E-state index in [1.165, 1.54) is 11.3 Å². The summed E-state index contributed by atoms with van der Waals surface area (Å²) in [6.45, 7) is 0.516. The molecule has 1 aliphatic carbocycles. The zero-order valence-electron chi connectivity index (χ0n) is 9.26. The first-order valence-electron chi connectivity index (χ1n) is 5.54. The van der Waals surface area contributed by atoms with Crippen molar-refractivity contribution in [3.8, 4) is 0 Å². The number of amides is 1. The minimum absolute atomic E-state index is 0.0359. The average molecular weight is 382 g/mol. The predicted octanol–water partition coefficient (Wildman–Crippen LogP) is 3.27. The van der Waals surface area contributed by atoms with Gasteiger partial charge in [-0.1, -0.05) is 12.8 Å². The molecule has 1 aliphatic rings. The molecule has 0 saturated heterocycles. The fourth-order valence-corrected chi connectivity index (χ4v) is 5.03. The molecule has 0 atom stereocenters. The van der Waals surface area contributed by atoms with Crippen LogP contribution in [0.15, 0.2) is 13.6 Å². The van der Waals surface area contributed by atoms with Gasteiger partial charge in [-0.25, -0.2) is 0 Å². The minimum Gasteiger partial charge on any atom is -0.345 e. The van der Waals surface area contributed by atoms with E-state index in [1.54, 1.807) is 0 Å². The van der Waals surface area contributed by atoms with Crippen LogP contribution in [0.1, 0.15) is 36.0 Å². The van der Waals surface area contributed by atoms with Crippen molar-refractivity contribution in [1.29, 1.82) is 0 Å². The van der Waals surface area contributed by atoms with Crippen LogP contribution in [-0.4, -0.2) is 18.0 Å². The molecule has 0 spiro atoms. The lowest BCUT2D eigenvalue weighted by molar-refractivity contribution is 0.0903. The molecule has 0 bridgehead atoms. The number of halogens is 2. The van der Waals surface area contributed by atoms with Gasteiger partial charge in [0.05, 0.1) is 18.7 Å². The Balaban J connectivity index is 2.13. The third-order valence-corrected chi connectivity index (χ3v) is 5.57. The SMILES string of the molecule is NCC1(NC(=O)c2cc(Br)sc2Br)CCCC1. The Morgan fingerprint density at radius 1 is 1.47 bits per heavy atom. The van der Waals surface area contributed by atoms with Crippen LogP contribution in [0.25, 0.3) is 0 Å². The van der Waals surface area contributed by atoms with Gasteiger partial charge in [-0.3, -0.25) is 4.79 Å². The molecule has 1 aromatic heterocycles. The number of carbonyl (C=O) groups excluding carboxylic acids is 1. The quantitative estimate of drug-likeness (QED) is 0.844. The molecular weight excluding hydrogens is 368 g/mol. The van der Waals surface area contributed by atoms with Crippen LogP contribution in [-0.2, 0) is 0 Å².